The number of halogens is 3. The molecule has 0 fully saturated rings. The quantitative estimate of drug-likeness (QED) is 0.676. The lowest BCUT2D eigenvalue weighted by Crippen LogP contribution is -2.14. The molecule has 5 nitrogen and oxygen atoms in total. The van der Waals surface area contributed by atoms with Crippen molar-refractivity contribution in [3.63, 3.8) is 0 Å². The number of anilines is 1. The average Bonchev–Trinajstić information content (AvgIpc) is 2.47. The first-order valence-electron chi connectivity index (χ1n) is 6.37. The van der Waals surface area contributed by atoms with Gasteiger partial charge in [0, 0.05) is 24.9 Å². The number of nitrogens with zero attached hydrogens (tertiary/aromatic N) is 2. The third-order valence-corrected chi connectivity index (χ3v) is 2.97. The minimum Gasteiger partial charge on any atom is -0.369 e. The van der Waals surface area contributed by atoms with Crippen LogP contribution >= 0.6 is 0 Å². The van der Waals surface area contributed by atoms with E-state index in [2.05, 4.69) is 10.3 Å². The van der Waals surface area contributed by atoms with E-state index >= 15 is 0 Å². The fourth-order valence-corrected chi connectivity index (χ4v) is 1.88. The van der Waals surface area contributed by atoms with Crippen LogP contribution in [0.3, 0.4) is 0 Å². The van der Waals surface area contributed by atoms with Crippen LogP contribution in [-0.4, -0.2) is 16.5 Å². The molecule has 2 aromatic rings. The van der Waals surface area contributed by atoms with E-state index in [1.165, 1.54) is 24.4 Å². The van der Waals surface area contributed by atoms with Gasteiger partial charge in [-0.2, -0.15) is 13.2 Å². The van der Waals surface area contributed by atoms with Gasteiger partial charge < -0.3 is 5.32 Å². The second-order valence-corrected chi connectivity index (χ2v) is 4.50. The Labute approximate surface area is 124 Å². The summed E-state index contributed by atoms with van der Waals surface area (Å²) >= 11 is 0. The van der Waals surface area contributed by atoms with Crippen LogP contribution in [0.4, 0.5) is 24.7 Å². The molecule has 0 spiro atoms. The molecule has 1 aromatic heterocycles. The largest absolute Gasteiger partial charge is 0.419 e. The van der Waals surface area contributed by atoms with Gasteiger partial charge in [-0.3, -0.25) is 10.1 Å². The van der Waals surface area contributed by atoms with Gasteiger partial charge in [-0.1, -0.05) is 12.1 Å². The van der Waals surface area contributed by atoms with Gasteiger partial charge >= 0.3 is 6.18 Å². The lowest BCUT2D eigenvalue weighted by molar-refractivity contribution is -0.384. The van der Waals surface area contributed by atoms with Crippen molar-refractivity contribution in [1.29, 1.82) is 0 Å². The van der Waals surface area contributed by atoms with Gasteiger partial charge in [-0.05, 0) is 24.1 Å². The number of nitrogens with one attached hydrogen (secondary N) is 1. The van der Waals surface area contributed by atoms with Crippen LogP contribution in [0.2, 0.25) is 0 Å². The molecule has 0 aliphatic rings. The van der Waals surface area contributed by atoms with Gasteiger partial charge in [0.05, 0.1) is 10.5 Å². The SMILES string of the molecule is O=[N+]([O-])c1ccc(CCNc2ncccc2C(F)(F)F)cc1. The van der Waals surface area contributed by atoms with E-state index in [1.54, 1.807) is 12.1 Å². The van der Waals surface area contributed by atoms with E-state index in [4.69, 9.17) is 0 Å². The molecule has 0 atom stereocenters. The number of rotatable bonds is 5. The topological polar surface area (TPSA) is 68.1 Å². The number of benzene rings is 1. The van der Waals surface area contributed by atoms with E-state index in [0.717, 1.165) is 11.6 Å². The maximum absolute atomic E-state index is 12.8. The summed E-state index contributed by atoms with van der Waals surface area (Å²) in [6, 6.07) is 8.05. The van der Waals surface area contributed by atoms with Crippen molar-refractivity contribution >= 4 is 11.5 Å². The fraction of sp³-hybridized carbons (Fsp3) is 0.214. The summed E-state index contributed by atoms with van der Waals surface area (Å²) < 4.78 is 38.3. The second kappa shape index (κ2) is 6.42. The highest BCUT2D eigenvalue weighted by molar-refractivity contribution is 5.45. The molecular weight excluding hydrogens is 299 g/mol. The normalized spacial score (nSPS) is 11.2. The number of hydrogen-bond acceptors (Lipinski definition) is 4. The molecule has 0 saturated carbocycles. The first-order chi connectivity index (χ1) is 10.4. The lowest BCUT2D eigenvalue weighted by Gasteiger charge is -2.13. The Hall–Kier alpha value is -2.64. The van der Waals surface area contributed by atoms with Crippen LogP contribution in [0.15, 0.2) is 42.6 Å². The molecule has 1 heterocycles. The van der Waals surface area contributed by atoms with E-state index < -0.39 is 16.7 Å². The zero-order chi connectivity index (χ0) is 16.2. The van der Waals surface area contributed by atoms with Crippen molar-refractivity contribution < 1.29 is 18.1 Å². The zero-order valence-electron chi connectivity index (χ0n) is 11.3. The minimum atomic E-state index is -4.47. The summed E-state index contributed by atoms with van der Waals surface area (Å²) in [4.78, 5) is 13.7. The smallest absolute Gasteiger partial charge is 0.369 e. The maximum Gasteiger partial charge on any atom is 0.419 e. The maximum atomic E-state index is 12.8. The molecule has 8 heteroatoms. The van der Waals surface area contributed by atoms with Gasteiger partial charge in [0.1, 0.15) is 5.82 Å². The Balaban J connectivity index is 1.98. The summed E-state index contributed by atoms with van der Waals surface area (Å²) in [7, 11) is 0. The van der Waals surface area contributed by atoms with E-state index in [0.29, 0.717) is 6.42 Å². The molecule has 1 aromatic carbocycles. The fourth-order valence-electron chi connectivity index (χ4n) is 1.88. The Kier molecular flexibility index (Phi) is 4.59. The molecule has 2 rings (SSSR count). The molecule has 0 radical (unpaired) electrons. The first kappa shape index (κ1) is 15.7. The van der Waals surface area contributed by atoms with Crippen molar-refractivity contribution in [1.82, 2.24) is 4.98 Å². The third kappa shape index (κ3) is 3.94. The number of nitro benzene ring substituents is 1. The van der Waals surface area contributed by atoms with Crippen LogP contribution in [-0.2, 0) is 12.6 Å². The van der Waals surface area contributed by atoms with Gasteiger partial charge in [0.25, 0.3) is 5.69 Å². The standard InChI is InChI=1S/C14H12F3N3O2/c15-14(16,17)12-2-1-8-18-13(12)19-9-7-10-3-5-11(6-4-10)20(21)22/h1-6,8H,7,9H2,(H,18,19). The van der Waals surface area contributed by atoms with Crippen molar-refractivity contribution in [2.75, 3.05) is 11.9 Å². The van der Waals surface area contributed by atoms with Crippen molar-refractivity contribution in [2.24, 2.45) is 0 Å². The van der Waals surface area contributed by atoms with Crippen molar-refractivity contribution in [3.05, 3.63) is 63.8 Å². The van der Waals surface area contributed by atoms with Crippen LogP contribution in [0.25, 0.3) is 0 Å². The zero-order valence-corrected chi connectivity index (χ0v) is 11.3. The molecule has 1 N–H and O–H groups in total. The predicted octanol–water partition coefficient (Wildman–Crippen LogP) is 3.66. The summed E-state index contributed by atoms with van der Waals surface area (Å²) in [5.41, 5.74) is -0.0675. The predicted molar refractivity (Wildman–Crippen MR) is 74.5 cm³/mol. The molecule has 0 saturated heterocycles. The van der Waals surface area contributed by atoms with Crippen molar-refractivity contribution in [2.45, 2.75) is 12.6 Å². The van der Waals surface area contributed by atoms with E-state index in [-0.39, 0.29) is 18.1 Å². The minimum absolute atomic E-state index is 0.0270. The summed E-state index contributed by atoms with van der Waals surface area (Å²) in [5.74, 6) is -0.225. The Morgan fingerprint density at radius 3 is 2.45 bits per heavy atom. The molecule has 0 aliphatic heterocycles. The first-order valence-corrected chi connectivity index (χ1v) is 6.37. The highest BCUT2D eigenvalue weighted by atomic mass is 19.4. The number of alkyl halides is 3. The Morgan fingerprint density at radius 2 is 1.86 bits per heavy atom. The molecular formula is C14H12F3N3O2. The van der Waals surface area contributed by atoms with Crippen LogP contribution in [0.1, 0.15) is 11.1 Å². The van der Waals surface area contributed by atoms with E-state index in [9.17, 15) is 23.3 Å². The van der Waals surface area contributed by atoms with Crippen LogP contribution in [0.5, 0.6) is 0 Å². The van der Waals surface area contributed by atoms with Gasteiger partial charge in [-0.25, -0.2) is 4.98 Å². The van der Waals surface area contributed by atoms with E-state index in [1.807, 2.05) is 0 Å². The Bertz CT molecular complexity index is 657. The number of nitro groups is 1. The third-order valence-electron chi connectivity index (χ3n) is 2.97. The number of hydrogen-bond donors (Lipinski definition) is 1. The molecule has 0 aliphatic carbocycles. The lowest BCUT2D eigenvalue weighted by atomic mass is 10.1. The van der Waals surface area contributed by atoms with Crippen LogP contribution < -0.4 is 5.32 Å². The molecule has 22 heavy (non-hydrogen) atoms. The van der Waals surface area contributed by atoms with Crippen LogP contribution in [0, 0.1) is 10.1 Å². The number of pyridine rings is 1. The van der Waals surface area contributed by atoms with Gasteiger partial charge in [0.2, 0.25) is 0 Å². The second-order valence-electron chi connectivity index (χ2n) is 4.50. The monoisotopic (exact) mass is 311 g/mol. The summed E-state index contributed by atoms with van der Waals surface area (Å²) in [6.45, 7) is 0.234. The molecule has 0 bridgehead atoms. The molecule has 0 amide bonds. The van der Waals surface area contributed by atoms with Gasteiger partial charge in [0.15, 0.2) is 0 Å². The molecule has 0 unspecified atom stereocenters. The summed E-state index contributed by atoms with van der Waals surface area (Å²) in [6.07, 6.45) is -2.76. The summed E-state index contributed by atoms with van der Waals surface area (Å²) in [5, 5.41) is 13.2. The number of non-ortho nitro benzene ring substituents is 1. The molecule has 116 valence electrons. The van der Waals surface area contributed by atoms with Crippen molar-refractivity contribution in [3.8, 4) is 0 Å². The number of aromatic nitrogens is 1. The Morgan fingerprint density at radius 1 is 1.18 bits per heavy atom. The highest BCUT2D eigenvalue weighted by Gasteiger charge is 2.33. The average molecular weight is 311 g/mol. The van der Waals surface area contributed by atoms with Gasteiger partial charge in [-0.15, -0.1) is 0 Å². The highest BCUT2D eigenvalue weighted by Crippen LogP contribution is 2.33.